The first-order valence-corrected chi connectivity index (χ1v) is 7.50. The van der Waals surface area contributed by atoms with Gasteiger partial charge < -0.3 is 4.90 Å². The molecule has 2 aromatic rings. The van der Waals surface area contributed by atoms with Crippen LogP contribution in [-0.4, -0.2) is 22.8 Å². The van der Waals surface area contributed by atoms with E-state index in [2.05, 4.69) is 20.9 Å². The summed E-state index contributed by atoms with van der Waals surface area (Å²) in [5, 5.41) is 2.60. The van der Waals surface area contributed by atoms with Gasteiger partial charge in [0.1, 0.15) is 10.8 Å². The molecule has 0 aliphatic heterocycles. The summed E-state index contributed by atoms with van der Waals surface area (Å²) in [6.45, 7) is 0.215. The molecule has 0 saturated heterocycles. The molecule has 0 fully saturated rings. The Morgan fingerprint density at radius 2 is 2.35 bits per heavy atom. The Morgan fingerprint density at radius 3 is 3.05 bits per heavy atom. The fourth-order valence-electron chi connectivity index (χ4n) is 1.58. The van der Waals surface area contributed by atoms with Gasteiger partial charge >= 0.3 is 0 Å². The molecule has 0 atom stereocenters. The van der Waals surface area contributed by atoms with E-state index in [4.69, 9.17) is 0 Å². The van der Waals surface area contributed by atoms with Crippen LogP contribution in [0.2, 0.25) is 0 Å². The largest absolute Gasteiger partial charge is 0.338 e. The first-order valence-electron chi connectivity index (χ1n) is 5.83. The first kappa shape index (κ1) is 14.9. The summed E-state index contributed by atoms with van der Waals surface area (Å²) in [7, 11) is 1.63. The molecule has 3 nitrogen and oxygen atoms in total. The van der Waals surface area contributed by atoms with E-state index >= 15 is 0 Å². The average molecular weight is 355 g/mol. The topological polar surface area (TPSA) is 33.2 Å². The van der Waals surface area contributed by atoms with Crippen molar-refractivity contribution in [1.29, 1.82) is 0 Å². The van der Waals surface area contributed by atoms with Crippen molar-refractivity contribution in [1.82, 2.24) is 9.88 Å². The molecule has 6 heteroatoms. The lowest BCUT2D eigenvalue weighted by atomic mass is 10.2. The maximum absolute atomic E-state index is 13.6. The molecule has 0 spiro atoms. The number of thiazole rings is 1. The van der Waals surface area contributed by atoms with E-state index in [-0.39, 0.29) is 18.3 Å². The normalized spacial score (nSPS) is 10.9. The summed E-state index contributed by atoms with van der Waals surface area (Å²) in [5.74, 6) is -0.517. The zero-order valence-electron chi connectivity index (χ0n) is 10.7. The zero-order chi connectivity index (χ0) is 14.5. The highest BCUT2D eigenvalue weighted by atomic mass is 79.9. The molecule has 0 aliphatic rings. The second-order valence-electron chi connectivity index (χ2n) is 4.13. The summed E-state index contributed by atoms with van der Waals surface area (Å²) < 4.78 is 14.4. The van der Waals surface area contributed by atoms with Gasteiger partial charge in [0, 0.05) is 41.3 Å². The molecule has 20 heavy (non-hydrogen) atoms. The van der Waals surface area contributed by atoms with Crippen LogP contribution < -0.4 is 0 Å². The summed E-state index contributed by atoms with van der Waals surface area (Å²) in [5.41, 5.74) is 0.470. The molecule has 0 bridgehead atoms. The van der Waals surface area contributed by atoms with Crippen LogP contribution >= 0.6 is 27.3 Å². The monoisotopic (exact) mass is 354 g/mol. The van der Waals surface area contributed by atoms with Gasteiger partial charge in [0.05, 0.1) is 0 Å². The van der Waals surface area contributed by atoms with Crippen molar-refractivity contribution in [3.05, 3.63) is 56.7 Å². The lowest BCUT2D eigenvalue weighted by Gasteiger charge is -2.15. The highest BCUT2D eigenvalue weighted by molar-refractivity contribution is 9.10. The van der Waals surface area contributed by atoms with Crippen LogP contribution in [0.5, 0.6) is 0 Å². The molecule has 1 aromatic carbocycles. The van der Waals surface area contributed by atoms with Gasteiger partial charge in [0.15, 0.2) is 0 Å². The number of carbonyl (C=O) groups is 1. The number of likely N-dealkylation sites (N-methyl/N-ethyl adjacent to an activating group) is 1. The van der Waals surface area contributed by atoms with Crippen LogP contribution in [0, 0.1) is 5.82 Å². The van der Waals surface area contributed by atoms with Crippen LogP contribution in [0.4, 0.5) is 4.39 Å². The number of carbonyl (C=O) groups excluding carboxylic acids is 1. The van der Waals surface area contributed by atoms with Gasteiger partial charge in [-0.1, -0.05) is 15.9 Å². The van der Waals surface area contributed by atoms with E-state index in [9.17, 15) is 9.18 Å². The number of rotatable bonds is 4. The molecule has 2 rings (SSSR count). The Morgan fingerprint density at radius 1 is 1.55 bits per heavy atom. The van der Waals surface area contributed by atoms with Gasteiger partial charge in [-0.3, -0.25) is 4.79 Å². The van der Waals surface area contributed by atoms with Gasteiger partial charge in [-0.15, -0.1) is 11.3 Å². The van der Waals surface area contributed by atoms with Crippen LogP contribution in [0.3, 0.4) is 0 Å². The Labute approximate surface area is 128 Å². The summed E-state index contributed by atoms with van der Waals surface area (Å²) in [4.78, 5) is 17.4. The van der Waals surface area contributed by atoms with Crippen molar-refractivity contribution >= 4 is 39.2 Å². The number of aromatic nitrogens is 1. The van der Waals surface area contributed by atoms with Gasteiger partial charge in [0.2, 0.25) is 5.91 Å². The number of amides is 1. The fourth-order valence-corrected chi connectivity index (χ4v) is 2.52. The molecule has 104 valence electrons. The highest BCUT2D eigenvalue weighted by Gasteiger charge is 2.10. The summed E-state index contributed by atoms with van der Waals surface area (Å²) >= 11 is 4.74. The lowest BCUT2D eigenvalue weighted by molar-refractivity contribution is -0.125. The van der Waals surface area contributed by atoms with Gasteiger partial charge in [-0.2, -0.15) is 0 Å². The standard InChI is InChI=1S/C14H12BrFN2OS/c1-18(9-10-8-11(15)2-3-12(10)16)14(19)5-4-13-17-6-7-20-13/h2-8H,9H2,1H3. The molecule has 0 radical (unpaired) electrons. The average Bonchev–Trinajstić information content (AvgIpc) is 2.93. The molecule has 1 amide bonds. The Bertz CT molecular complexity index is 628. The predicted molar refractivity (Wildman–Crippen MR) is 81.7 cm³/mol. The lowest BCUT2D eigenvalue weighted by Crippen LogP contribution is -2.24. The van der Waals surface area contributed by atoms with E-state index in [0.717, 1.165) is 9.48 Å². The zero-order valence-corrected chi connectivity index (χ0v) is 13.1. The second-order valence-corrected chi connectivity index (χ2v) is 5.98. The minimum atomic E-state index is -0.322. The molecule has 0 aliphatic carbocycles. The van der Waals surface area contributed by atoms with E-state index < -0.39 is 0 Å². The Balaban J connectivity index is 2.02. The third-order valence-electron chi connectivity index (χ3n) is 2.61. The molecule has 1 heterocycles. The summed E-state index contributed by atoms with van der Waals surface area (Å²) in [6.07, 6.45) is 4.77. The smallest absolute Gasteiger partial charge is 0.246 e. The van der Waals surface area contributed by atoms with Crippen molar-refractivity contribution in [3.63, 3.8) is 0 Å². The minimum absolute atomic E-state index is 0.195. The Kier molecular flexibility index (Phi) is 5.03. The summed E-state index contributed by atoms with van der Waals surface area (Å²) in [6, 6.07) is 4.68. The SMILES string of the molecule is CN(Cc1cc(Br)ccc1F)C(=O)C=Cc1nccs1. The van der Waals surface area contributed by atoms with E-state index in [1.165, 1.54) is 28.4 Å². The van der Waals surface area contributed by atoms with Crippen LogP contribution in [0.25, 0.3) is 6.08 Å². The second kappa shape index (κ2) is 6.76. The third kappa shape index (κ3) is 3.98. The van der Waals surface area contributed by atoms with Crippen molar-refractivity contribution in [3.8, 4) is 0 Å². The molecular formula is C14H12BrFN2OS. The van der Waals surface area contributed by atoms with Crippen LogP contribution in [0.15, 0.2) is 40.3 Å². The fraction of sp³-hybridized carbons (Fsp3) is 0.143. The third-order valence-corrected chi connectivity index (χ3v) is 3.85. The van der Waals surface area contributed by atoms with Crippen molar-refractivity contribution in [2.24, 2.45) is 0 Å². The van der Waals surface area contributed by atoms with Gasteiger partial charge in [-0.25, -0.2) is 9.37 Å². The van der Waals surface area contributed by atoms with Gasteiger partial charge in [-0.05, 0) is 24.3 Å². The maximum Gasteiger partial charge on any atom is 0.246 e. The number of halogens is 2. The van der Waals surface area contributed by atoms with E-state index in [0.29, 0.717) is 5.56 Å². The molecule has 0 unspecified atom stereocenters. The maximum atomic E-state index is 13.6. The van der Waals surface area contributed by atoms with Crippen molar-refractivity contribution in [2.75, 3.05) is 7.05 Å². The van der Waals surface area contributed by atoms with E-state index in [1.54, 1.807) is 31.5 Å². The molecule has 0 saturated carbocycles. The van der Waals surface area contributed by atoms with Crippen LogP contribution in [-0.2, 0) is 11.3 Å². The predicted octanol–water partition coefficient (Wildman–Crippen LogP) is 3.72. The number of hydrogen-bond donors (Lipinski definition) is 0. The molecular weight excluding hydrogens is 343 g/mol. The van der Waals surface area contributed by atoms with Crippen molar-refractivity contribution < 1.29 is 9.18 Å². The van der Waals surface area contributed by atoms with E-state index in [1.807, 2.05) is 5.38 Å². The quantitative estimate of drug-likeness (QED) is 0.784. The number of nitrogens with zero attached hydrogens (tertiary/aromatic N) is 2. The molecule has 1 aromatic heterocycles. The number of hydrogen-bond acceptors (Lipinski definition) is 3. The Hall–Kier alpha value is -1.53. The van der Waals surface area contributed by atoms with Crippen LogP contribution in [0.1, 0.15) is 10.6 Å². The first-order chi connectivity index (χ1) is 9.56. The molecule has 0 N–H and O–H groups in total. The van der Waals surface area contributed by atoms with Gasteiger partial charge in [0.25, 0.3) is 0 Å². The number of benzene rings is 1. The highest BCUT2D eigenvalue weighted by Crippen LogP contribution is 2.17. The minimum Gasteiger partial charge on any atom is -0.338 e. The van der Waals surface area contributed by atoms with Crippen molar-refractivity contribution in [2.45, 2.75) is 6.54 Å².